The van der Waals surface area contributed by atoms with E-state index in [1.54, 1.807) is 45.6 Å². The Labute approximate surface area is 152 Å². The zero-order valence-corrected chi connectivity index (χ0v) is 15.2. The van der Waals surface area contributed by atoms with Crippen LogP contribution >= 0.6 is 0 Å². The summed E-state index contributed by atoms with van der Waals surface area (Å²) in [5.41, 5.74) is 3.11. The van der Waals surface area contributed by atoms with Gasteiger partial charge in [0.2, 0.25) is 0 Å². The van der Waals surface area contributed by atoms with Gasteiger partial charge in [-0.15, -0.1) is 0 Å². The van der Waals surface area contributed by atoms with E-state index in [-0.39, 0.29) is 0 Å². The molecular weight excluding hydrogens is 332 g/mol. The molecule has 0 amide bonds. The molecule has 1 heterocycles. The van der Waals surface area contributed by atoms with Gasteiger partial charge in [0.1, 0.15) is 11.5 Å². The van der Waals surface area contributed by atoms with Gasteiger partial charge in [-0.25, -0.2) is 4.79 Å². The number of methoxy groups -OCH3 is 3. The van der Waals surface area contributed by atoms with Gasteiger partial charge < -0.3 is 18.9 Å². The fourth-order valence-electron chi connectivity index (χ4n) is 2.73. The molecule has 0 bridgehead atoms. The van der Waals surface area contributed by atoms with E-state index >= 15 is 0 Å². The lowest BCUT2D eigenvalue weighted by molar-refractivity contribution is -0.130. The molecule has 26 heavy (non-hydrogen) atoms. The number of hydrogen-bond acceptors (Lipinski definition) is 5. The molecule has 0 saturated heterocycles. The maximum absolute atomic E-state index is 12.2. The molecule has 0 aromatic heterocycles. The van der Waals surface area contributed by atoms with Crippen LogP contribution in [0.4, 0.5) is 0 Å². The van der Waals surface area contributed by atoms with Crippen molar-refractivity contribution in [3.8, 4) is 17.2 Å². The molecule has 5 heteroatoms. The first-order valence-corrected chi connectivity index (χ1v) is 8.08. The summed E-state index contributed by atoms with van der Waals surface area (Å²) in [7, 11) is 4.76. The summed E-state index contributed by atoms with van der Waals surface area (Å²) in [5.74, 6) is 2.04. The second-order valence-electron chi connectivity index (χ2n) is 5.80. The van der Waals surface area contributed by atoms with E-state index in [1.807, 2.05) is 31.2 Å². The molecule has 0 fully saturated rings. The summed E-state index contributed by atoms with van der Waals surface area (Å²) in [4.78, 5) is 12.2. The van der Waals surface area contributed by atoms with Crippen LogP contribution in [0.5, 0.6) is 17.2 Å². The van der Waals surface area contributed by atoms with Crippen LogP contribution in [0.1, 0.15) is 16.7 Å². The van der Waals surface area contributed by atoms with Crippen molar-refractivity contribution in [2.24, 2.45) is 0 Å². The number of esters is 1. The van der Waals surface area contributed by atoms with Crippen molar-refractivity contribution in [1.29, 1.82) is 0 Å². The summed E-state index contributed by atoms with van der Waals surface area (Å²) in [5, 5.41) is 0. The van der Waals surface area contributed by atoms with Crippen LogP contribution in [0, 0.1) is 6.92 Å². The second kappa shape index (κ2) is 7.35. The smallest absolute Gasteiger partial charge is 0.343 e. The zero-order valence-electron chi connectivity index (χ0n) is 15.2. The minimum atomic E-state index is -0.394. The van der Waals surface area contributed by atoms with Crippen LogP contribution in [-0.4, -0.2) is 27.3 Å². The molecular formula is C21H20O5. The van der Waals surface area contributed by atoms with E-state index in [4.69, 9.17) is 18.9 Å². The van der Waals surface area contributed by atoms with Gasteiger partial charge in [-0.05, 0) is 54.5 Å². The highest BCUT2D eigenvalue weighted by atomic mass is 16.5. The van der Waals surface area contributed by atoms with E-state index in [0.29, 0.717) is 22.8 Å². The third-order valence-electron chi connectivity index (χ3n) is 4.15. The minimum absolute atomic E-state index is 0.394. The van der Waals surface area contributed by atoms with Crippen LogP contribution in [0.3, 0.4) is 0 Å². The molecule has 1 aliphatic rings. The average Bonchev–Trinajstić information content (AvgIpc) is 3.03. The van der Waals surface area contributed by atoms with Gasteiger partial charge >= 0.3 is 5.97 Å². The van der Waals surface area contributed by atoms with Crippen molar-refractivity contribution in [2.75, 3.05) is 21.3 Å². The topological polar surface area (TPSA) is 54.0 Å². The monoisotopic (exact) mass is 352 g/mol. The molecule has 3 rings (SSSR count). The van der Waals surface area contributed by atoms with E-state index in [9.17, 15) is 4.79 Å². The highest BCUT2D eigenvalue weighted by Gasteiger charge is 2.23. The predicted octanol–water partition coefficient (Wildman–Crippen LogP) is 4.00. The largest absolute Gasteiger partial charge is 0.496 e. The number of carbonyl (C=O) groups excluding carboxylic acids is 1. The Balaban J connectivity index is 1.94. The molecule has 2 aromatic rings. The molecule has 0 spiro atoms. The zero-order chi connectivity index (χ0) is 18.7. The fraction of sp³-hybridized carbons (Fsp3) is 0.190. The summed E-state index contributed by atoms with van der Waals surface area (Å²) in [6.07, 6.45) is 3.49. The Bertz CT molecular complexity index is 909. The first kappa shape index (κ1) is 17.6. The molecule has 0 unspecified atom stereocenters. The van der Waals surface area contributed by atoms with Crippen molar-refractivity contribution in [3.05, 3.63) is 64.7 Å². The van der Waals surface area contributed by atoms with Crippen molar-refractivity contribution in [3.63, 3.8) is 0 Å². The van der Waals surface area contributed by atoms with E-state index in [2.05, 4.69) is 0 Å². The summed E-state index contributed by atoms with van der Waals surface area (Å²) < 4.78 is 21.3. The van der Waals surface area contributed by atoms with Crippen LogP contribution in [-0.2, 0) is 9.53 Å². The number of benzene rings is 2. The number of rotatable bonds is 5. The Morgan fingerprint density at radius 3 is 2.31 bits per heavy atom. The maximum atomic E-state index is 12.2. The first-order valence-electron chi connectivity index (χ1n) is 8.08. The quantitative estimate of drug-likeness (QED) is 0.601. The standard InChI is InChI=1S/C21H20O5/c1-13-5-6-14(10-18(13)24-3)9-16-12-19(26-21(16)22)15-7-8-17(23-2)20(11-15)25-4/h5-12H,1-4H3/b16-9+. The average molecular weight is 352 g/mol. The lowest BCUT2D eigenvalue weighted by Gasteiger charge is -2.09. The highest BCUT2D eigenvalue weighted by Crippen LogP contribution is 2.34. The predicted molar refractivity (Wildman–Crippen MR) is 99.3 cm³/mol. The molecule has 5 nitrogen and oxygen atoms in total. The number of carbonyl (C=O) groups is 1. The number of cyclic esters (lactones) is 1. The Morgan fingerprint density at radius 1 is 0.885 bits per heavy atom. The molecule has 0 atom stereocenters. The molecule has 0 N–H and O–H groups in total. The number of aryl methyl sites for hydroxylation is 1. The third-order valence-corrected chi connectivity index (χ3v) is 4.15. The van der Waals surface area contributed by atoms with Gasteiger partial charge in [0.15, 0.2) is 11.5 Å². The number of hydrogen-bond donors (Lipinski definition) is 0. The first-order chi connectivity index (χ1) is 12.5. The second-order valence-corrected chi connectivity index (χ2v) is 5.80. The van der Waals surface area contributed by atoms with Gasteiger partial charge in [-0.1, -0.05) is 12.1 Å². The lowest BCUT2D eigenvalue weighted by Crippen LogP contribution is -1.98. The molecule has 1 aliphatic heterocycles. The van der Waals surface area contributed by atoms with Crippen LogP contribution in [0.2, 0.25) is 0 Å². The summed E-state index contributed by atoms with van der Waals surface area (Å²) >= 11 is 0. The van der Waals surface area contributed by atoms with Crippen LogP contribution in [0.15, 0.2) is 48.0 Å². The van der Waals surface area contributed by atoms with Crippen molar-refractivity contribution >= 4 is 17.8 Å². The van der Waals surface area contributed by atoms with E-state index in [0.717, 1.165) is 22.4 Å². The van der Waals surface area contributed by atoms with E-state index in [1.165, 1.54) is 0 Å². The maximum Gasteiger partial charge on any atom is 0.343 e. The van der Waals surface area contributed by atoms with Crippen molar-refractivity contribution in [1.82, 2.24) is 0 Å². The Morgan fingerprint density at radius 2 is 1.62 bits per heavy atom. The van der Waals surface area contributed by atoms with Gasteiger partial charge in [0, 0.05) is 5.56 Å². The van der Waals surface area contributed by atoms with Crippen molar-refractivity contribution in [2.45, 2.75) is 6.92 Å². The van der Waals surface area contributed by atoms with Crippen LogP contribution < -0.4 is 14.2 Å². The van der Waals surface area contributed by atoms with Gasteiger partial charge in [0.25, 0.3) is 0 Å². The molecule has 0 saturated carbocycles. The normalized spacial score (nSPS) is 14.8. The minimum Gasteiger partial charge on any atom is -0.496 e. The molecule has 2 aromatic carbocycles. The number of ether oxygens (including phenoxy) is 4. The SMILES string of the molecule is COc1cc(/C=C2\C=C(c3ccc(OC)c(OC)c3)OC2=O)ccc1C. The highest BCUT2D eigenvalue weighted by molar-refractivity contribution is 6.05. The van der Waals surface area contributed by atoms with Gasteiger partial charge in [-0.2, -0.15) is 0 Å². The van der Waals surface area contributed by atoms with Crippen LogP contribution in [0.25, 0.3) is 11.8 Å². The third kappa shape index (κ3) is 3.42. The molecule has 0 radical (unpaired) electrons. The van der Waals surface area contributed by atoms with Crippen molar-refractivity contribution < 1.29 is 23.7 Å². The fourth-order valence-corrected chi connectivity index (χ4v) is 2.73. The van der Waals surface area contributed by atoms with E-state index < -0.39 is 5.97 Å². The summed E-state index contributed by atoms with van der Waals surface area (Å²) in [6.45, 7) is 1.97. The Kier molecular flexibility index (Phi) is 4.98. The Hall–Kier alpha value is -3.21. The summed E-state index contributed by atoms with van der Waals surface area (Å²) in [6, 6.07) is 11.1. The molecule has 134 valence electrons. The van der Waals surface area contributed by atoms with Gasteiger partial charge in [0.05, 0.1) is 26.9 Å². The van der Waals surface area contributed by atoms with Gasteiger partial charge in [-0.3, -0.25) is 0 Å². The molecule has 0 aliphatic carbocycles. The lowest BCUT2D eigenvalue weighted by atomic mass is 10.1.